The minimum absolute atomic E-state index is 0.0269. The molecule has 0 heterocycles. The normalized spacial score (nSPS) is 20.8. The fourth-order valence-corrected chi connectivity index (χ4v) is 3.85. The van der Waals surface area contributed by atoms with E-state index in [4.69, 9.17) is 23.7 Å². The molecule has 0 aromatic heterocycles. The Morgan fingerprint density at radius 2 is 1.52 bits per heavy atom. The van der Waals surface area contributed by atoms with Crippen molar-refractivity contribution in [3.63, 3.8) is 0 Å². The van der Waals surface area contributed by atoms with E-state index < -0.39 is 23.5 Å². The number of aliphatic hydroxyl groups is 1. The summed E-state index contributed by atoms with van der Waals surface area (Å²) in [5.74, 6) is -0.141. The van der Waals surface area contributed by atoms with E-state index in [1.54, 1.807) is 12.1 Å². The molecule has 29 heavy (non-hydrogen) atoms. The van der Waals surface area contributed by atoms with Crippen LogP contribution >= 0.6 is 0 Å². The van der Waals surface area contributed by atoms with Crippen molar-refractivity contribution in [1.82, 2.24) is 0 Å². The molecule has 0 unspecified atom stereocenters. The molecule has 1 fully saturated rings. The lowest BCUT2D eigenvalue weighted by Crippen LogP contribution is -2.48. The van der Waals surface area contributed by atoms with Gasteiger partial charge in [-0.05, 0) is 36.5 Å². The Hall–Kier alpha value is -2.74. The predicted molar refractivity (Wildman–Crippen MR) is 105 cm³/mol. The largest absolute Gasteiger partial charge is 0.493 e. The Labute approximate surface area is 170 Å². The van der Waals surface area contributed by atoms with Crippen LogP contribution < -0.4 is 14.2 Å². The summed E-state index contributed by atoms with van der Waals surface area (Å²) >= 11 is 0. The summed E-state index contributed by atoms with van der Waals surface area (Å²) < 4.78 is 25.7. The summed E-state index contributed by atoms with van der Waals surface area (Å²) in [6.07, 6.45) is 3.41. The fraction of sp³-hybridized carbons (Fsp3) is 0.524. The Morgan fingerprint density at radius 1 is 0.966 bits per heavy atom. The molecular weight excluding hydrogens is 380 g/mol. The van der Waals surface area contributed by atoms with Crippen molar-refractivity contribution in [1.29, 1.82) is 0 Å². The van der Waals surface area contributed by atoms with E-state index in [0.29, 0.717) is 23.7 Å². The van der Waals surface area contributed by atoms with E-state index in [1.807, 2.05) is 12.2 Å². The van der Waals surface area contributed by atoms with Gasteiger partial charge in [-0.1, -0.05) is 12.2 Å². The summed E-state index contributed by atoms with van der Waals surface area (Å²) in [5, 5.41) is 10.3. The molecule has 1 aliphatic rings. The molecule has 0 radical (unpaired) electrons. The van der Waals surface area contributed by atoms with Gasteiger partial charge in [0.05, 0.1) is 41.7 Å². The first-order chi connectivity index (χ1) is 13.8. The van der Waals surface area contributed by atoms with E-state index in [0.717, 1.165) is 5.56 Å². The highest BCUT2D eigenvalue weighted by molar-refractivity contribution is 6.00. The van der Waals surface area contributed by atoms with Gasteiger partial charge in [0.1, 0.15) is 0 Å². The zero-order valence-electron chi connectivity index (χ0n) is 17.4. The number of allylic oxidation sites excluding steroid dienone is 1. The smallest absolute Gasteiger partial charge is 0.323 e. The maximum Gasteiger partial charge on any atom is 0.323 e. The first-order valence-corrected chi connectivity index (χ1v) is 9.18. The predicted octanol–water partition coefficient (Wildman–Crippen LogP) is 2.22. The van der Waals surface area contributed by atoms with Gasteiger partial charge in [-0.3, -0.25) is 9.59 Å². The van der Waals surface area contributed by atoms with Crippen molar-refractivity contribution in [2.75, 3.05) is 35.5 Å². The second kappa shape index (κ2) is 9.65. The van der Waals surface area contributed by atoms with Crippen LogP contribution in [0.5, 0.6) is 17.2 Å². The van der Waals surface area contributed by atoms with E-state index in [1.165, 1.54) is 35.5 Å². The van der Waals surface area contributed by atoms with E-state index in [-0.39, 0.29) is 18.8 Å². The van der Waals surface area contributed by atoms with Crippen molar-refractivity contribution in [3.05, 3.63) is 23.8 Å². The molecule has 160 valence electrons. The monoisotopic (exact) mass is 408 g/mol. The number of esters is 2. The van der Waals surface area contributed by atoms with Crippen molar-refractivity contribution >= 4 is 18.0 Å². The topological polar surface area (TPSA) is 101 Å². The summed E-state index contributed by atoms with van der Waals surface area (Å²) in [5.41, 5.74) is -0.743. The highest BCUT2D eigenvalue weighted by Gasteiger charge is 2.53. The Balaban J connectivity index is 2.34. The number of rotatable bonds is 7. The molecule has 0 aliphatic heterocycles. The van der Waals surface area contributed by atoms with Crippen molar-refractivity contribution < 1.29 is 38.4 Å². The van der Waals surface area contributed by atoms with Gasteiger partial charge in [-0.15, -0.1) is 0 Å². The van der Waals surface area contributed by atoms with Gasteiger partial charge in [0.25, 0.3) is 0 Å². The minimum Gasteiger partial charge on any atom is -0.493 e. The van der Waals surface area contributed by atoms with E-state index in [2.05, 4.69) is 0 Å². The molecule has 2 rings (SSSR count). The molecule has 0 spiro atoms. The van der Waals surface area contributed by atoms with Gasteiger partial charge in [-0.2, -0.15) is 0 Å². The van der Waals surface area contributed by atoms with Crippen LogP contribution in [0.15, 0.2) is 18.2 Å². The molecule has 1 aromatic rings. The van der Waals surface area contributed by atoms with Crippen molar-refractivity contribution in [2.24, 2.45) is 11.3 Å². The van der Waals surface area contributed by atoms with Crippen molar-refractivity contribution in [2.45, 2.75) is 25.4 Å². The average molecular weight is 408 g/mol. The lowest BCUT2D eigenvalue weighted by atomic mass is 9.68. The fourth-order valence-electron chi connectivity index (χ4n) is 3.85. The average Bonchev–Trinajstić information content (AvgIpc) is 2.74. The molecule has 1 saturated carbocycles. The minimum atomic E-state index is -1.52. The highest BCUT2D eigenvalue weighted by Crippen LogP contribution is 2.43. The highest BCUT2D eigenvalue weighted by atomic mass is 16.5. The molecule has 0 saturated heterocycles. The van der Waals surface area contributed by atoms with E-state index >= 15 is 0 Å². The lowest BCUT2D eigenvalue weighted by molar-refractivity contribution is -0.176. The number of hydrogen-bond donors (Lipinski definition) is 1. The van der Waals surface area contributed by atoms with Crippen LogP contribution in [0.1, 0.15) is 24.8 Å². The van der Waals surface area contributed by atoms with Gasteiger partial charge in [-0.25, -0.2) is 0 Å². The third kappa shape index (κ3) is 4.64. The number of carbonyl (C=O) groups is 2. The summed E-state index contributed by atoms with van der Waals surface area (Å²) in [7, 11) is 7.02. The Bertz CT molecular complexity index is 729. The number of methoxy groups -OCH3 is 5. The van der Waals surface area contributed by atoms with E-state index in [9.17, 15) is 14.7 Å². The second-order valence-electron chi connectivity index (χ2n) is 6.94. The molecule has 8 nitrogen and oxygen atoms in total. The number of hydrogen-bond acceptors (Lipinski definition) is 8. The molecular formula is C21H28O8. The Morgan fingerprint density at radius 3 is 1.97 bits per heavy atom. The van der Waals surface area contributed by atoms with Crippen LogP contribution in [0.25, 0.3) is 6.08 Å². The summed E-state index contributed by atoms with van der Waals surface area (Å²) in [4.78, 5) is 24.8. The number of carbonyl (C=O) groups excluding carboxylic acids is 2. The first kappa shape index (κ1) is 22.5. The second-order valence-corrected chi connectivity index (χ2v) is 6.94. The molecule has 0 amide bonds. The zero-order valence-corrected chi connectivity index (χ0v) is 17.4. The molecule has 1 aromatic carbocycles. The molecule has 8 heteroatoms. The Kier molecular flexibility index (Phi) is 7.50. The quantitative estimate of drug-likeness (QED) is 0.541. The van der Waals surface area contributed by atoms with Crippen molar-refractivity contribution in [3.8, 4) is 17.2 Å². The molecule has 2 atom stereocenters. The SMILES string of the molecule is COC(=O)C1(C(=O)OC)C[C@@H](O)C[C@H](/C=C/c2cc(OC)c(OC)c(OC)c2)C1. The third-order valence-electron chi connectivity index (χ3n) is 5.17. The van der Waals surface area contributed by atoms with Crippen LogP contribution in [0.3, 0.4) is 0 Å². The standard InChI is InChI=1S/C21H28O8/c1-25-16-9-13(10-17(26-2)18(16)27-3)6-7-14-8-15(22)12-21(11-14,19(23)28-4)20(24)29-5/h6-7,9-10,14-15,22H,8,11-12H2,1-5H3/b7-6+/t14-,15-/m0/s1. The lowest BCUT2D eigenvalue weighted by Gasteiger charge is -2.37. The van der Waals surface area contributed by atoms with Crippen LogP contribution in [0, 0.1) is 11.3 Å². The zero-order chi connectivity index (χ0) is 21.6. The van der Waals surface area contributed by atoms with Crippen LogP contribution in [-0.4, -0.2) is 58.7 Å². The van der Waals surface area contributed by atoms with Gasteiger partial charge in [0.15, 0.2) is 16.9 Å². The summed E-state index contributed by atoms with van der Waals surface area (Å²) in [6.45, 7) is 0. The number of benzene rings is 1. The van der Waals surface area contributed by atoms with Crippen LogP contribution in [0.4, 0.5) is 0 Å². The number of ether oxygens (including phenoxy) is 5. The van der Waals surface area contributed by atoms with Gasteiger partial charge >= 0.3 is 11.9 Å². The first-order valence-electron chi connectivity index (χ1n) is 9.18. The number of aliphatic hydroxyl groups excluding tert-OH is 1. The van der Waals surface area contributed by atoms with Crippen LogP contribution in [0.2, 0.25) is 0 Å². The van der Waals surface area contributed by atoms with Gasteiger partial charge in [0.2, 0.25) is 5.75 Å². The maximum absolute atomic E-state index is 12.4. The summed E-state index contributed by atoms with van der Waals surface area (Å²) in [6, 6.07) is 3.57. The maximum atomic E-state index is 12.4. The van der Waals surface area contributed by atoms with Gasteiger partial charge in [0, 0.05) is 6.42 Å². The van der Waals surface area contributed by atoms with Crippen LogP contribution in [-0.2, 0) is 19.1 Å². The molecule has 1 N–H and O–H groups in total. The third-order valence-corrected chi connectivity index (χ3v) is 5.17. The van der Waals surface area contributed by atoms with Gasteiger partial charge < -0.3 is 28.8 Å². The molecule has 0 bridgehead atoms. The molecule has 1 aliphatic carbocycles.